The number of carbonyl (C=O) groups is 2. The molecule has 62 heavy (non-hydrogen) atoms. The fraction of sp³-hybridized carbons (Fsp3) is 0.418. The van der Waals surface area contributed by atoms with Gasteiger partial charge in [-0.25, -0.2) is 0 Å². The Morgan fingerprint density at radius 1 is 0.532 bits per heavy atom. The van der Waals surface area contributed by atoms with Gasteiger partial charge in [0.1, 0.15) is 34.8 Å². The molecule has 3 atom stereocenters. The van der Waals surface area contributed by atoms with Crippen LogP contribution in [0.25, 0.3) is 0 Å². The van der Waals surface area contributed by atoms with E-state index in [0.29, 0.717) is 17.9 Å². The van der Waals surface area contributed by atoms with Gasteiger partial charge in [-0.2, -0.15) is 0 Å². The first-order valence-electron chi connectivity index (χ1n) is 22.0. The van der Waals surface area contributed by atoms with E-state index in [9.17, 15) is 9.59 Å². The van der Waals surface area contributed by atoms with E-state index in [4.69, 9.17) is 18.5 Å². The Morgan fingerprint density at radius 3 is 1.34 bits per heavy atom. The van der Waals surface area contributed by atoms with Crippen LogP contribution in [0.3, 0.4) is 0 Å². The van der Waals surface area contributed by atoms with E-state index in [0.717, 1.165) is 72.4 Å². The Morgan fingerprint density at radius 2 is 0.935 bits per heavy atom. The highest BCUT2D eigenvalue weighted by Crippen LogP contribution is 2.51. The minimum atomic E-state index is -1.67. The fourth-order valence-corrected chi connectivity index (χ4v) is 10.3. The number of rotatable bonds is 8. The molecule has 326 valence electrons. The predicted octanol–water partition coefficient (Wildman–Crippen LogP) is 13.6. The highest BCUT2D eigenvalue weighted by molar-refractivity contribution is 7.56. The van der Waals surface area contributed by atoms with Gasteiger partial charge in [-0.05, 0) is 105 Å². The van der Waals surface area contributed by atoms with Gasteiger partial charge in [-0.15, -0.1) is 0 Å². The smallest absolute Gasteiger partial charge is 0.326 e. The number of benzene rings is 5. The molecule has 0 aromatic heterocycles. The Bertz CT molecular complexity index is 2550. The van der Waals surface area contributed by atoms with Gasteiger partial charge in [-0.1, -0.05) is 157 Å². The lowest BCUT2D eigenvalue weighted by Gasteiger charge is -2.27. The first-order chi connectivity index (χ1) is 28.8. The summed E-state index contributed by atoms with van der Waals surface area (Å²) in [7, 11) is -1.67. The maximum Gasteiger partial charge on any atom is 0.326 e. The molecule has 2 aliphatic rings. The number of fused-ring (bicyclic) bond motifs is 2. The summed E-state index contributed by atoms with van der Waals surface area (Å²) in [6, 6.07) is 27.1. The number of hydrogen-bond donors (Lipinski definition) is 0. The third-order valence-electron chi connectivity index (χ3n) is 12.3. The lowest BCUT2D eigenvalue weighted by molar-refractivity contribution is -0.134. The van der Waals surface area contributed by atoms with Crippen molar-refractivity contribution in [1.82, 2.24) is 0 Å². The van der Waals surface area contributed by atoms with Gasteiger partial charge in [0.05, 0.1) is 5.30 Å². The third kappa shape index (κ3) is 8.57. The molecule has 0 radical (unpaired) electrons. The van der Waals surface area contributed by atoms with Crippen LogP contribution in [0.4, 0.5) is 0 Å². The minimum Gasteiger partial charge on any atom is -0.435 e. The second-order valence-electron chi connectivity index (χ2n) is 21.5. The lowest BCUT2D eigenvalue weighted by atomic mass is 9.77. The Kier molecular flexibility index (Phi) is 11.6. The van der Waals surface area contributed by atoms with Crippen molar-refractivity contribution >= 4 is 25.6 Å². The zero-order chi connectivity index (χ0) is 45.4. The summed E-state index contributed by atoms with van der Waals surface area (Å²) < 4.78 is 26.3. The summed E-state index contributed by atoms with van der Waals surface area (Å²) in [5, 5.41) is 0.923. The van der Waals surface area contributed by atoms with Crippen LogP contribution < -0.4 is 23.8 Å². The van der Waals surface area contributed by atoms with Gasteiger partial charge >= 0.3 is 20.3 Å². The highest BCUT2D eigenvalue weighted by Gasteiger charge is 2.42. The van der Waals surface area contributed by atoms with Crippen LogP contribution in [-0.2, 0) is 37.7 Å². The summed E-state index contributed by atoms with van der Waals surface area (Å²) in [6.07, 6.45) is 0.686. The molecule has 6 nitrogen and oxygen atoms in total. The first kappa shape index (κ1) is 45.1. The SMILES string of the molecule is CCc1cc(C2C(=O)Oc3c2cc(C(C)(C)C)cc3C(C)(C)C)cc(C)c1OP(Oc1c(C)cc(C2C(=O)Oc3c2cc(C(C)(C)C)cc3C(C)(C)C)cc1C)c1ccccc1. The maximum absolute atomic E-state index is 13.9. The number of esters is 2. The first-order valence-corrected chi connectivity index (χ1v) is 23.2. The second-order valence-corrected chi connectivity index (χ2v) is 22.9. The summed E-state index contributed by atoms with van der Waals surface area (Å²) in [5.41, 5.74) is 11.1. The monoisotopic (exact) mass is 852 g/mol. The molecular formula is C55H65O6P. The molecule has 0 aliphatic carbocycles. The van der Waals surface area contributed by atoms with Crippen molar-refractivity contribution in [3.63, 3.8) is 0 Å². The Balaban J connectivity index is 1.26. The molecule has 2 aliphatic heterocycles. The number of ether oxygens (including phenoxy) is 2. The van der Waals surface area contributed by atoms with Gasteiger partial charge in [0.2, 0.25) is 0 Å². The molecule has 0 spiro atoms. The summed E-state index contributed by atoms with van der Waals surface area (Å²) in [5.74, 6) is 1.22. The molecule has 5 aromatic carbocycles. The number of hydrogen-bond acceptors (Lipinski definition) is 6. The van der Waals surface area contributed by atoms with Crippen molar-refractivity contribution < 1.29 is 28.1 Å². The van der Waals surface area contributed by atoms with E-state index in [1.807, 2.05) is 51.1 Å². The van der Waals surface area contributed by atoms with E-state index < -0.39 is 20.2 Å². The minimum absolute atomic E-state index is 0.111. The molecule has 3 unspecified atom stereocenters. The standard InChI is InChI=1S/C55H65O6P/c1-17-34-26-36(45-41-28-38(53(8,9)10)30-43(55(14,15)16)49(41)59-51(45)57)25-33(4)47(34)61-62(39-21-19-18-20-22-39)60-46-31(2)23-35(24-32(46)3)44-40-27-37(52(5,6)7)29-42(54(11,12)13)48(40)58-50(44)56/h18-30,44-45H,17H2,1-16H3. The van der Waals surface area contributed by atoms with Gasteiger partial charge < -0.3 is 18.5 Å². The van der Waals surface area contributed by atoms with Crippen LogP contribution in [0.1, 0.15) is 169 Å². The van der Waals surface area contributed by atoms with Gasteiger partial charge in [0.25, 0.3) is 0 Å². The van der Waals surface area contributed by atoms with Crippen LogP contribution in [0.5, 0.6) is 23.0 Å². The topological polar surface area (TPSA) is 71.1 Å². The van der Waals surface area contributed by atoms with Crippen LogP contribution in [0, 0.1) is 20.8 Å². The second kappa shape index (κ2) is 16.0. The van der Waals surface area contributed by atoms with E-state index >= 15 is 0 Å². The summed E-state index contributed by atoms with van der Waals surface area (Å²) in [4.78, 5) is 27.7. The van der Waals surface area contributed by atoms with E-state index in [-0.39, 0.29) is 33.6 Å². The van der Waals surface area contributed by atoms with E-state index in [2.05, 4.69) is 139 Å². The van der Waals surface area contributed by atoms with Gasteiger partial charge in [0.15, 0.2) is 0 Å². The molecule has 0 saturated carbocycles. The van der Waals surface area contributed by atoms with Gasteiger partial charge in [-0.3, -0.25) is 9.59 Å². The van der Waals surface area contributed by atoms with Crippen molar-refractivity contribution in [2.75, 3.05) is 0 Å². The number of carbonyl (C=O) groups excluding carboxylic acids is 2. The number of aryl methyl sites for hydroxylation is 4. The molecule has 0 fully saturated rings. The van der Waals surface area contributed by atoms with Crippen LogP contribution >= 0.6 is 8.38 Å². The van der Waals surface area contributed by atoms with Crippen molar-refractivity contribution in [3.05, 3.63) is 146 Å². The average molecular weight is 853 g/mol. The van der Waals surface area contributed by atoms with Crippen LogP contribution in [-0.4, -0.2) is 11.9 Å². The van der Waals surface area contributed by atoms with Crippen LogP contribution in [0.15, 0.2) is 78.9 Å². The predicted molar refractivity (Wildman–Crippen MR) is 253 cm³/mol. The largest absolute Gasteiger partial charge is 0.435 e. The Labute approximate surface area is 371 Å². The zero-order valence-electron chi connectivity index (χ0n) is 39.8. The zero-order valence-corrected chi connectivity index (χ0v) is 40.7. The van der Waals surface area contributed by atoms with Crippen molar-refractivity contribution in [2.24, 2.45) is 0 Å². The summed E-state index contributed by atoms with van der Waals surface area (Å²) in [6.45, 7) is 34.5. The molecule has 5 aromatic rings. The average Bonchev–Trinajstić information content (AvgIpc) is 3.68. The van der Waals surface area contributed by atoms with E-state index in [1.54, 1.807) is 0 Å². The maximum atomic E-state index is 13.9. The molecule has 0 amide bonds. The molecule has 0 N–H and O–H groups in total. The molecule has 2 heterocycles. The normalized spacial score (nSPS) is 17.0. The molecular weight excluding hydrogens is 788 g/mol. The molecule has 0 bridgehead atoms. The van der Waals surface area contributed by atoms with Crippen molar-refractivity contribution in [3.8, 4) is 23.0 Å². The highest BCUT2D eigenvalue weighted by atomic mass is 31.2. The fourth-order valence-electron chi connectivity index (χ4n) is 8.71. The van der Waals surface area contributed by atoms with Crippen molar-refractivity contribution in [2.45, 2.75) is 151 Å². The quantitative estimate of drug-likeness (QED) is 0.0880. The Hall–Kier alpha value is -4.93. The van der Waals surface area contributed by atoms with Gasteiger partial charge in [0, 0.05) is 22.3 Å². The summed E-state index contributed by atoms with van der Waals surface area (Å²) >= 11 is 0. The molecule has 7 rings (SSSR count). The van der Waals surface area contributed by atoms with Crippen LogP contribution in [0.2, 0.25) is 0 Å². The third-order valence-corrected chi connectivity index (χ3v) is 13.7. The molecule has 7 heteroatoms. The van der Waals surface area contributed by atoms with E-state index in [1.165, 1.54) is 11.1 Å². The molecule has 0 saturated heterocycles. The van der Waals surface area contributed by atoms with Crippen molar-refractivity contribution in [1.29, 1.82) is 0 Å². The lowest BCUT2D eigenvalue weighted by Crippen LogP contribution is -2.17.